The van der Waals surface area contributed by atoms with Gasteiger partial charge >= 0.3 is 12.0 Å². The summed E-state index contributed by atoms with van der Waals surface area (Å²) in [6, 6.07) is 0.274. The highest BCUT2D eigenvalue weighted by Gasteiger charge is 2.36. The molecule has 2 rings (SSSR count). The Morgan fingerprint density at radius 1 is 1.50 bits per heavy atom. The topological polar surface area (TPSA) is 113 Å². The second-order valence-corrected chi connectivity index (χ2v) is 5.43. The van der Waals surface area contributed by atoms with Gasteiger partial charge in [-0.3, -0.25) is 4.79 Å². The summed E-state index contributed by atoms with van der Waals surface area (Å²) >= 11 is 1.50. The summed E-state index contributed by atoms with van der Waals surface area (Å²) in [6.45, 7) is 0.445. The third kappa shape index (κ3) is 2.90. The highest BCUT2D eigenvalue weighted by atomic mass is 32.1. The van der Waals surface area contributed by atoms with Crippen LogP contribution in [0.15, 0.2) is 11.4 Å². The predicted octanol–water partition coefficient (Wildman–Crippen LogP) is 0.317. The smallest absolute Gasteiger partial charge is 0.331 e. The van der Waals surface area contributed by atoms with Crippen LogP contribution in [-0.4, -0.2) is 41.0 Å². The molecule has 7 nitrogen and oxygen atoms in total. The van der Waals surface area contributed by atoms with Crippen LogP contribution in [0.2, 0.25) is 0 Å². The van der Waals surface area contributed by atoms with Gasteiger partial charge in [-0.1, -0.05) is 0 Å². The van der Waals surface area contributed by atoms with Crippen molar-refractivity contribution in [3.8, 4) is 0 Å². The fourth-order valence-corrected chi connectivity index (χ4v) is 3.10. The Morgan fingerprint density at radius 3 is 2.90 bits per heavy atom. The molecule has 0 aliphatic carbocycles. The van der Waals surface area contributed by atoms with Crippen molar-refractivity contribution < 1.29 is 19.5 Å². The van der Waals surface area contributed by atoms with E-state index in [1.807, 2.05) is 5.38 Å². The molecule has 0 bridgehead atoms. The van der Waals surface area contributed by atoms with Crippen LogP contribution in [0.25, 0.3) is 0 Å². The molecule has 1 aromatic heterocycles. The number of nitrogens with one attached hydrogen (secondary N) is 1. The first-order valence-electron chi connectivity index (χ1n) is 6.12. The highest BCUT2D eigenvalue weighted by molar-refractivity contribution is 7.10. The number of primary amides is 1. The first-order chi connectivity index (χ1) is 9.50. The number of nitrogens with two attached hydrogens (primary N) is 1. The van der Waals surface area contributed by atoms with Crippen molar-refractivity contribution in [2.24, 2.45) is 5.73 Å². The molecule has 1 aliphatic heterocycles. The maximum Gasteiger partial charge on any atom is 0.331 e. The third-order valence-corrected chi connectivity index (χ3v) is 4.10. The van der Waals surface area contributed by atoms with Crippen molar-refractivity contribution in [2.75, 3.05) is 13.1 Å². The van der Waals surface area contributed by atoms with E-state index in [9.17, 15) is 19.5 Å². The van der Waals surface area contributed by atoms with Crippen molar-refractivity contribution >= 4 is 29.2 Å². The Kier molecular flexibility index (Phi) is 4.23. The zero-order valence-corrected chi connectivity index (χ0v) is 11.5. The average Bonchev–Trinajstić information content (AvgIpc) is 2.84. The Bertz CT molecular complexity index is 543. The molecule has 20 heavy (non-hydrogen) atoms. The number of urea groups is 1. The maximum absolute atomic E-state index is 12.0. The van der Waals surface area contributed by atoms with Gasteiger partial charge in [0.1, 0.15) is 0 Å². The molecule has 0 saturated carbocycles. The maximum atomic E-state index is 12.0. The number of aliphatic carboxylic acids is 1. The summed E-state index contributed by atoms with van der Waals surface area (Å²) in [4.78, 5) is 36.3. The van der Waals surface area contributed by atoms with Crippen molar-refractivity contribution in [3.63, 3.8) is 0 Å². The molecular formula is C12H15N3O4S. The first-order valence-corrected chi connectivity index (χ1v) is 7.00. The van der Waals surface area contributed by atoms with Crippen LogP contribution in [-0.2, 0) is 16.0 Å². The van der Waals surface area contributed by atoms with E-state index in [0.717, 1.165) is 4.88 Å². The van der Waals surface area contributed by atoms with Crippen LogP contribution in [0.4, 0.5) is 4.79 Å². The molecule has 1 atom stereocenters. The van der Waals surface area contributed by atoms with Gasteiger partial charge in [0.05, 0.1) is 0 Å². The molecule has 3 amide bonds. The summed E-state index contributed by atoms with van der Waals surface area (Å²) in [5, 5.41) is 13.7. The number of thiophene rings is 1. The Morgan fingerprint density at radius 2 is 2.25 bits per heavy atom. The number of carbonyl (C=O) groups excluding carboxylic acids is 2. The Balaban J connectivity index is 2.09. The van der Waals surface area contributed by atoms with E-state index in [0.29, 0.717) is 18.5 Å². The fourth-order valence-electron chi connectivity index (χ4n) is 2.20. The number of carboxylic acids is 1. The van der Waals surface area contributed by atoms with Gasteiger partial charge < -0.3 is 21.1 Å². The van der Waals surface area contributed by atoms with Crippen molar-refractivity contribution in [1.82, 2.24) is 10.2 Å². The third-order valence-electron chi connectivity index (χ3n) is 3.11. The zero-order valence-electron chi connectivity index (χ0n) is 10.7. The van der Waals surface area contributed by atoms with E-state index in [4.69, 9.17) is 5.73 Å². The van der Waals surface area contributed by atoms with Crippen LogP contribution >= 0.6 is 11.3 Å². The quantitative estimate of drug-likeness (QED) is 0.742. The first kappa shape index (κ1) is 14.3. The van der Waals surface area contributed by atoms with Gasteiger partial charge in [-0.2, -0.15) is 0 Å². The van der Waals surface area contributed by atoms with Gasteiger partial charge in [-0.15, -0.1) is 11.3 Å². The normalized spacial score (nSPS) is 17.4. The van der Waals surface area contributed by atoms with Gasteiger partial charge in [0, 0.05) is 24.4 Å². The van der Waals surface area contributed by atoms with Crippen molar-refractivity contribution in [1.29, 1.82) is 0 Å². The Hall–Kier alpha value is -2.09. The molecule has 1 aliphatic rings. The van der Waals surface area contributed by atoms with Crippen LogP contribution in [0.1, 0.15) is 22.9 Å². The average molecular weight is 297 g/mol. The SMILES string of the molecule is NC(=O)CCNC(=O)N1CCc2sccc2C1C(=O)O. The molecule has 8 heteroatoms. The van der Waals surface area contributed by atoms with E-state index >= 15 is 0 Å². The van der Waals surface area contributed by atoms with Gasteiger partial charge in [0.25, 0.3) is 0 Å². The molecule has 0 fully saturated rings. The number of rotatable bonds is 4. The summed E-state index contributed by atoms with van der Waals surface area (Å²) in [5.41, 5.74) is 5.65. The molecule has 0 saturated heterocycles. The van der Waals surface area contributed by atoms with E-state index in [1.165, 1.54) is 16.2 Å². The van der Waals surface area contributed by atoms with Crippen LogP contribution in [0.5, 0.6) is 0 Å². The van der Waals surface area contributed by atoms with Crippen LogP contribution in [0.3, 0.4) is 0 Å². The van der Waals surface area contributed by atoms with E-state index < -0.39 is 23.9 Å². The van der Waals surface area contributed by atoms with Crippen molar-refractivity contribution in [2.45, 2.75) is 18.9 Å². The molecule has 0 radical (unpaired) electrons. The van der Waals surface area contributed by atoms with Crippen LogP contribution < -0.4 is 11.1 Å². The molecule has 108 valence electrons. The van der Waals surface area contributed by atoms with Gasteiger partial charge in [0.2, 0.25) is 5.91 Å². The number of hydrogen-bond acceptors (Lipinski definition) is 4. The zero-order chi connectivity index (χ0) is 14.7. The predicted molar refractivity (Wildman–Crippen MR) is 72.3 cm³/mol. The van der Waals surface area contributed by atoms with E-state index in [2.05, 4.69) is 5.32 Å². The summed E-state index contributed by atoms with van der Waals surface area (Å²) in [5.74, 6) is -1.58. The lowest BCUT2D eigenvalue weighted by atomic mass is 10.0. The number of carbonyl (C=O) groups is 3. The minimum Gasteiger partial charge on any atom is -0.479 e. The number of fused-ring (bicyclic) bond motifs is 1. The molecule has 1 unspecified atom stereocenters. The second-order valence-electron chi connectivity index (χ2n) is 4.43. The largest absolute Gasteiger partial charge is 0.479 e. The second kappa shape index (κ2) is 5.91. The van der Waals surface area contributed by atoms with E-state index in [-0.39, 0.29) is 13.0 Å². The Labute approximate surface area is 119 Å². The van der Waals surface area contributed by atoms with Crippen molar-refractivity contribution in [3.05, 3.63) is 21.9 Å². The monoisotopic (exact) mass is 297 g/mol. The highest BCUT2D eigenvalue weighted by Crippen LogP contribution is 2.33. The van der Waals surface area contributed by atoms with Gasteiger partial charge in [-0.05, 0) is 23.4 Å². The van der Waals surface area contributed by atoms with E-state index in [1.54, 1.807) is 6.07 Å². The van der Waals surface area contributed by atoms with Gasteiger partial charge in [0.15, 0.2) is 6.04 Å². The summed E-state index contributed by atoms with van der Waals surface area (Å²) < 4.78 is 0. The summed E-state index contributed by atoms with van der Waals surface area (Å²) in [6.07, 6.45) is 0.668. The minimum absolute atomic E-state index is 0.0288. The molecule has 0 aromatic carbocycles. The molecule has 2 heterocycles. The molecule has 1 aromatic rings. The summed E-state index contributed by atoms with van der Waals surface area (Å²) in [7, 11) is 0. The van der Waals surface area contributed by atoms with Crippen LogP contribution in [0, 0.1) is 0 Å². The number of hydrogen-bond donors (Lipinski definition) is 3. The standard InChI is InChI=1S/C12H15N3O4S/c13-9(16)1-4-14-12(19)15-5-2-8-7(3-6-20-8)10(15)11(17)18/h3,6,10H,1-2,4-5H2,(H2,13,16)(H,14,19)(H,17,18). The number of nitrogens with zero attached hydrogens (tertiary/aromatic N) is 1. The molecule has 0 spiro atoms. The number of amides is 3. The van der Waals surface area contributed by atoms with Gasteiger partial charge in [-0.25, -0.2) is 9.59 Å². The molecule has 4 N–H and O–H groups in total. The lowest BCUT2D eigenvalue weighted by molar-refractivity contribution is -0.142. The number of carboxylic acid groups (broad SMARTS) is 1. The fraction of sp³-hybridized carbons (Fsp3) is 0.417. The minimum atomic E-state index is -1.06. The molecular weight excluding hydrogens is 282 g/mol. The lowest BCUT2D eigenvalue weighted by Gasteiger charge is -2.33. The lowest BCUT2D eigenvalue weighted by Crippen LogP contribution is -2.48.